The van der Waals surface area contributed by atoms with Crippen LogP contribution in [-0.4, -0.2) is 27.1 Å². The van der Waals surface area contributed by atoms with Crippen molar-refractivity contribution in [1.29, 1.82) is 0 Å². The van der Waals surface area contributed by atoms with Gasteiger partial charge in [-0.3, -0.25) is 9.10 Å². The summed E-state index contributed by atoms with van der Waals surface area (Å²) in [7, 11) is -4.01. The average Bonchev–Trinajstić information content (AvgIpc) is 3.12. The minimum atomic E-state index is -4.01. The number of aryl methyl sites for hydroxylation is 1. The first-order valence-electron chi connectivity index (χ1n) is 8.58. The first-order valence-corrected chi connectivity index (χ1v) is 11.3. The zero-order valence-electron chi connectivity index (χ0n) is 15.4. The van der Waals surface area contributed by atoms with E-state index in [0.717, 1.165) is 14.7 Å². The Morgan fingerprint density at radius 2 is 1.83 bits per heavy atom. The summed E-state index contributed by atoms with van der Waals surface area (Å²) in [6.07, 6.45) is 1.53. The largest absolute Gasteiger partial charge is 0.271 e. The highest BCUT2D eigenvalue weighted by Crippen LogP contribution is 2.30. The molecule has 0 unspecified atom stereocenters. The van der Waals surface area contributed by atoms with Crippen molar-refractivity contribution in [2.75, 3.05) is 10.8 Å². The van der Waals surface area contributed by atoms with Crippen LogP contribution in [0.1, 0.15) is 10.4 Å². The number of amides is 1. The summed E-state index contributed by atoms with van der Waals surface area (Å²) < 4.78 is 27.3. The fourth-order valence-electron chi connectivity index (χ4n) is 2.52. The predicted octanol–water partition coefficient (Wildman–Crippen LogP) is 4.06. The molecule has 3 rings (SSSR count). The molecule has 0 spiro atoms. The van der Waals surface area contributed by atoms with Crippen LogP contribution in [0.25, 0.3) is 0 Å². The van der Waals surface area contributed by atoms with E-state index in [4.69, 9.17) is 11.6 Å². The lowest BCUT2D eigenvalue weighted by Gasteiger charge is -2.24. The van der Waals surface area contributed by atoms with E-state index in [0.29, 0.717) is 0 Å². The zero-order chi connectivity index (χ0) is 20.9. The molecule has 0 aliphatic carbocycles. The zero-order valence-corrected chi connectivity index (χ0v) is 17.8. The van der Waals surface area contributed by atoms with Gasteiger partial charge < -0.3 is 0 Å². The Morgan fingerprint density at radius 3 is 2.48 bits per heavy atom. The number of rotatable bonds is 7. The molecule has 0 fully saturated rings. The van der Waals surface area contributed by atoms with Gasteiger partial charge in [0.1, 0.15) is 6.54 Å². The van der Waals surface area contributed by atoms with E-state index in [1.165, 1.54) is 29.7 Å². The highest BCUT2D eigenvalue weighted by atomic mass is 35.5. The fourth-order valence-corrected chi connectivity index (χ4v) is 5.05. The van der Waals surface area contributed by atoms with Crippen LogP contribution in [0.5, 0.6) is 0 Å². The lowest BCUT2D eigenvalue weighted by molar-refractivity contribution is -0.119. The van der Waals surface area contributed by atoms with Gasteiger partial charge in [-0.05, 0) is 48.2 Å². The van der Waals surface area contributed by atoms with Gasteiger partial charge >= 0.3 is 0 Å². The minimum absolute atomic E-state index is 0.0606. The number of hydrogen-bond donors (Lipinski definition) is 1. The molecule has 1 heterocycles. The number of hydrogen-bond acceptors (Lipinski definition) is 5. The number of thiophene rings is 1. The van der Waals surface area contributed by atoms with Crippen molar-refractivity contribution in [3.63, 3.8) is 0 Å². The van der Waals surface area contributed by atoms with Crippen molar-refractivity contribution in [2.24, 2.45) is 5.10 Å². The number of benzene rings is 2. The van der Waals surface area contributed by atoms with Crippen LogP contribution in [0.15, 0.2) is 76.0 Å². The molecule has 0 saturated heterocycles. The molecular formula is C20H18ClN3O3S2. The number of hydrazone groups is 1. The number of nitrogens with zero attached hydrogens (tertiary/aromatic N) is 2. The molecule has 0 aliphatic rings. The van der Waals surface area contributed by atoms with E-state index in [2.05, 4.69) is 10.5 Å². The summed E-state index contributed by atoms with van der Waals surface area (Å²) in [6, 6.07) is 16.3. The number of anilines is 1. The van der Waals surface area contributed by atoms with Crippen LogP contribution in [0.4, 0.5) is 5.69 Å². The maximum Gasteiger partial charge on any atom is 0.264 e. The van der Waals surface area contributed by atoms with Gasteiger partial charge in [-0.2, -0.15) is 5.10 Å². The van der Waals surface area contributed by atoms with Gasteiger partial charge in [0.25, 0.3) is 15.9 Å². The van der Waals surface area contributed by atoms with Crippen LogP contribution >= 0.6 is 22.9 Å². The van der Waals surface area contributed by atoms with Crippen molar-refractivity contribution in [1.82, 2.24) is 5.43 Å². The highest BCUT2D eigenvalue weighted by Gasteiger charge is 2.28. The van der Waals surface area contributed by atoms with Crippen molar-refractivity contribution in [3.05, 3.63) is 81.5 Å². The molecule has 0 bridgehead atoms. The lowest BCUT2D eigenvalue weighted by Crippen LogP contribution is -2.39. The Labute approximate surface area is 178 Å². The van der Waals surface area contributed by atoms with Gasteiger partial charge in [0, 0.05) is 4.88 Å². The van der Waals surface area contributed by atoms with E-state index in [1.54, 1.807) is 42.5 Å². The van der Waals surface area contributed by atoms with Gasteiger partial charge in [0.2, 0.25) is 0 Å². The van der Waals surface area contributed by atoms with Crippen molar-refractivity contribution in [2.45, 2.75) is 11.8 Å². The highest BCUT2D eigenvalue weighted by molar-refractivity contribution is 7.92. The van der Waals surface area contributed by atoms with Gasteiger partial charge in [0.15, 0.2) is 0 Å². The Hall–Kier alpha value is -2.68. The van der Waals surface area contributed by atoms with Gasteiger partial charge in [-0.25, -0.2) is 13.8 Å². The topological polar surface area (TPSA) is 78.8 Å². The standard InChI is InChI=1S/C20H18ClN3O3S2/c1-15-11-12-28-19(15)13-22-23-20(25)14-24(18-10-6-5-9-17(18)21)29(26,27)16-7-3-2-4-8-16/h2-13H,14H2,1H3,(H,23,25)/b22-13-. The number of carbonyl (C=O) groups is 1. The maximum absolute atomic E-state index is 13.2. The van der Waals surface area contributed by atoms with Crippen LogP contribution in [0.2, 0.25) is 5.02 Å². The quantitative estimate of drug-likeness (QED) is 0.438. The van der Waals surface area contributed by atoms with Gasteiger partial charge in [-0.15, -0.1) is 11.3 Å². The smallest absolute Gasteiger partial charge is 0.264 e. The Morgan fingerprint density at radius 1 is 1.14 bits per heavy atom. The predicted molar refractivity (Wildman–Crippen MR) is 117 cm³/mol. The normalized spacial score (nSPS) is 11.5. The van der Waals surface area contributed by atoms with E-state index in [-0.39, 0.29) is 15.6 Å². The molecule has 0 radical (unpaired) electrons. The van der Waals surface area contributed by atoms with Gasteiger partial charge in [0.05, 0.1) is 21.8 Å². The Balaban J connectivity index is 1.86. The molecule has 0 aliphatic heterocycles. The van der Waals surface area contributed by atoms with Crippen LogP contribution in [0, 0.1) is 6.92 Å². The number of carbonyl (C=O) groups excluding carboxylic acids is 1. The first-order chi connectivity index (χ1) is 13.9. The second-order valence-electron chi connectivity index (χ2n) is 6.04. The Bertz CT molecular complexity index is 1130. The molecule has 1 amide bonds. The molecule has 2 aromatic carbocycles. The molecule has 150 valence electrons. The maximum atomic E-state index is 13.2. The van der Waals surface area contributed by atoms with Crippen molar-refractivity contribution in [3.8, 4) is 0 Å². The number of halogens is 1. The number of para-hydroxylation sites is 1. The molecule has 9 heteroatoms. The van der Waals surface area contributed by atoms with Crippen LogP contribution in [0.3, 0.4) is 0 Å². The van der Waals surface area contributed by atoms with E-state index in [1.807, 2.05) is 18.4 Å². The molecular weight excluding hydrogens is 430 g/mol. The van der Waals surface area contributed by atoms with E-state index < -0.39 is 22.5 Å². The fraction of sp³-hybridized carbons (Fsp3) is 0.100. The monoisotopic (exact) mass is 447 g/mol. The molecule has 6 nitrogen and oxygen atoms in total. The molecule has 3 aromatic rings. The SMILES string of the molecule is Cc1ccsc1/C=N\NC(=O)CN(c1ccccc1Cl)S(=O)(=O)c1ccccc1. The Kier molecular flexibility index (Phi) is 6.68. The van der Waals surface area contributed by atoms with E-state index >= 15 is 0 Å². The summed E-state index contributed by atoms with van der Waals surface area (Å²) in [5.41, 5.74) is 3.63. The third-order valence-electron chi connectivity index (χ3n) is 4.01. The molecule has 0 atom stereocenters. The number of nitrogens with one attached hydrogen (secondary N) is 1. The molecule has 29 heavy (non-hydrogen) atoms. The summed E-state index contributed by atoms with van der Waals surface area (Å²) in [5, 5.41) is 6.07. The van der Waals surface area contributed by atoms with Crippen LogP contribution < -0.4 is 9.73 Å². The van der Waals surface area contributed by atoms with Crippen LogP contribution in [-0.2, 0) is 14.8 Å². The van der Waals surface area contributed by atoms with Crippen molar-refractivity contribution >= 4 is 50.8 Å². The third kappa shape index (κ3) is 5.03. The average molecular weight is 448 g/mol. The molecule has 1 N–H and O–H groups in total. The van der Waals surface area contributed by atoms with E-state index in [9.17, 15) is 13.2 Å². The first kappa shape index (κ1) is 21.0. The second kappa shape index (κ2) is 9.21. The summed E-state index contributed by atoms with van der Waals surface area (Å²) >= 11 is 7.71. The molecule has 0 saturated carbocycles. The summed E-state index contributed by atoms with van der Waals surface area (Å²) in [6.45, 7) is 1.47. The molecule has 1 aromatic heterocycles. The summed E-state index contributed by atoms with van der Waals surface area (Å²) in [5.74, 6) is -0.588. The lowest BCUT2D eigenvalue weighted by atomic mass is 10.3. The third-order valence-corrected chi connectivity index (χ3v) is 7.06. The minimum Gasteiger partial charge on any atom is -0.271 e. The second-order valence-corrected chi connectivity index (χ2v) is 9.25. The number of sulfonamides is 1. The van der Waals surface area contributed by atoms with Gasteiger partial charge in [-0.1, -0.05) is 41.9 Å². The van der Waals surface area contributed by atoms with Crippen molar-refractivity contribution < 1.29 is 13.2 Å². The summed E-state index contributed by atoms with van der Waals surface area (Å²) in [4.78, 5) is 13.4.